The molecule has 1 saturated carbocycles. The van der Waals surface area contributed by atoms with Crippen molar-refractivity contribution in [1.29, 1.82) is 0 Å². The van der Waals surface area contributed by atoms with E-state index in [1.807, 2.05) is 0 Å². The molecule has 0 aromatic heterocycles. The molecular formula is C22H30N2O2. The fraction of sp³-hybridized carbons (Fsp3) is 0.545. The van der Waals surface area contributed by atoms with E-state index in [4.69, 9.17) is 0 Å². The lowest BCUT2D eigenvalue weighted by molar-refractivity contribution is -0.122. The molecule has 140 valence electrons. The van der Waals surface area contributed by atoms with Gasteiger partial charge in [0.1, 0.15) is 0 Å². The van der Waals surface area contributed by atoms with Gasteiger partial charge in [-0.05, 0) is 74.0 Å². The maximum atomic E-state index is 12.5. The number of carbonyl (C=O) groups excluding carboxylic acids is 2. The van der Waals surface area contributed by atoms with Crippen LogP contribution in [-0.4, -0.2) is 24.4 Å². The lowest BCUT2D eigenvalue weighted by Crippen LogP contribution is -2.40. The van der Waals surface area contributed by atoms with Gasteiger partial charge < -0.3 is 10.6 Å². The zero-order valence-corrected chi connectivity index (χ0v) is 15.5. The Morgan fingerprint density at radius 3 is 2.65 bits per heavy atom. The molecule has 0 spiro atoms. The number of nitrogens with one attached hydrogen (secondary N) is 2. The first-order valence-electron chi connectivity index (χ1n) is 9.93. The number of hydrogen-bond acceptors (Lipinski definition) is 2. The fourth-order valence-corrected chi connectivity index (χ4v) is 4.40. The molecule has 4 nitrogen and oxygen atoms in total. The van der Waals surface area contributed by atoms with Gasteiger partial charge in [-0.25, -0.2) is 0 Å². The van der Waals surface area contributed by atoms with Gasteiger partial charge in [-0.1, -0.05) is 30.8 Å². The Morgan fingerprint density at radius 2 is 1.88 bits per heavy atom. The molecular weight excluding hydrogens is 324 g/mol. The van der Waals surface area contributed by atoms with E-state index in [1.54, 1.807) is 0 Å². The second-order valence-corrected chi connectivity index (χ2v) is 7.73. The SMILES string of the molecule is C=CC(=O)NCC1CCC(NC(=O)CC2CCCc3ccccc32)CC1. The van der Waals surface area contributed by atoms with Gasteiger partial charge in [0, 0.05) is 19.0 Å². The summed E-state index contributed by atoms with van der Waals surface area (Å²) in [4.78, 5) is 23.8. The molecule has 0 radical (unpaired) electrons. The molecule has 1 aromatic rings. The third-order valence-corrected chi connectivity index (χ3v) is 5.89. The Kier molecular flexibility index (Phi) is 6.48. The van der Waals surface area contributed by atoms with Gasteiger partial charge in [-0.15, -0.1) is 0 Å². The minimum absolute atomic E-state index is 0.104. The van der Waals surface area contributed by atoms with E-state index in [1.165, 1.54) is 23.6 Å². The van der Waals surface area contributed by atoms with Gasteiger partial charge in [-0.3, -0.25) is 9.59 Å². The lowest BCUT2D eigenvalue weighted by atomic mass is 9.80. The second-order valence-electron chi connectivity index (χ2n) is 7.73. The minimum atomic E-state index is -0.104. The van der Waals surface area contributed by atoms with Gasteiger partial charge >= 0.3 is 0 Å². The molecule has 0 saturated heterocycles. The molecule has 0 aliphatic heterocycles. The maximum absolute atomic E-state index is 12.5. The Labute approximate surface area is 156 Å². The van der Waals surface area contributed by atoms with Crippen LogP contribution in [0.1, 0.15) is 62.0 Å². The predicted octanol–water partition coefficient (Wildman–Crippen LogP) is 3.47. The first-order valence-corrected chi connectivity index (χ1v) is 9.93. The summed E-state index contributed by atoms with van der Waals surface area (Å²) in [5, 5.41) is 6.13. The first-order chi connectivity index (χ1) is 12.7. The summed E-state index contributed by atoms with van der Waals surface area (Å²) in [5.41, 5.74) is 2.79. The molecule has 0 bridgehead atoms. The van der Waals surface area contributed by atoms with Crippen molar-refractivity contribution in [2.75, 3.05) is 6.54 Å². The maximum Gasteiger partial charge on any atom is 0.243 e. The monoisotopic (exact) mass is 354 g/mol. The Bertz CT molecular complexity index is 647. The van der Waals surface area contributed by atoms with Gasteiger partial charge in [0.25, 0.3) is 0 Å². The Balaban J connectivity index is 1.43. The molecule has 26 heavy (non-hydrogen) atoms. The molecule has 3 rings (SSSR count). The summed E-state index contributed by atoms with van der Waals surface area (Å²) in [5.74, 6) is 0.964. The van der Waals surface area contributed by atoms with Crippen molar-refractivity contribution < 1.29 is 9.59 Å². The average molecular weight is 354 g/mol. The first kappa shape index (κ1) is 18.7. The largest absolute Gasteiger partial charge is 0.353 e. The van der Waals surface area contributed by atoms with E-state index in [0.717, 1.165) is 38.5 Å². The summed E-state index contributed by atoms with van der Waals surface area (Å²) >= 11 is 0. The van der Waals surface area contributed by atoms with Gasteiger partial charge in [0.2, 0.25) is 11.8 Å². The highest BCUT2D eigenvalue weighted by atomic mass is 16.2. The van der Waals surface area contributed by atoms with Crippen molar-refractivity contribution in [3.63, 3.8) is 0 Å². The summed E-state index contributed by atoms with van der Waals surface area (Å²) in [6.45, 7) is 4.18. The van der Waals surface area contributed by atoms with Gasteiger partial charge in [-0.2, -0.15) is 0 Å². The number of benzene rings is 1. The highest BCUT2D eigenvalue weighted by Gasteiger charge is 2.25. The molecule has 1 atom stereocenters. The Morgan fingerprint density at radius 1 is 1.12 bits per heavy atom. The van der Waals surface area contributed by atoms with E-state index in [9.17, 15) is 9.59 Å². The van der Waals surface area contributed by atoms with Crippen LogP contribution in [0.5, 0.6) is 0 Å². The molecule has 2 N–H and O–H groups in total. The summed E-state index contributed by atoms with van der Waals surface area (Å²) in [6.07, 6.45) is 9.45. The standard InChI is InChI=1S/C22H30N2O2/c1-2-21(25)23-15-16-10-12-19(13-11-16)24-22(26)14-18-8-5-7-17-6-3-4-9-20(17)18/h2-4,6,9,16,18-19H,1,5,7-8,10-15H2,(H,23,25)(H,24,26). The van der Waals surface area contributed by atoms with Gasteiger partial charge in [0.15, 0.2) is 0 Å². The third-order valence-electron chi connectivity index (χ3n) is 5.89. The molecule has 2 aliphatic rings. The summed E-state index contributed by atoms with van der Waals surface area (Å²) in [7, 11) is 0. The highest BCUT2D eigenvalue weighted by molar-refractivity contribution is 5.86. The summed E-state index contributed by atoms with van der Waals surface area (Å²) < 4.78 is 0. The molecule has 0 heterocycles. The molecule has 1 fully saturated rings. The van der Waals surface area contributed by atoms with Crippen LogP contribution >= 0.6 is 0 Å². The van der Waals surface area contributed by atoms with Crippen molar-refractivity contribution in [2.45, 2.75) is 63.3 Å². The number of hydrogen-bond donors (Lipinski definition) is 2. The molecule has 2 amide bonds. The number of aryl methyl sites for hydroxylation is 1. The molecule has 2 aliphatic carbocycles. The quantitative estimate of drug-likeness (QED) is 0.769. The lowest BCUT2D eigenvalue weighted by Gasteiger charge is -2.30. The second kappa shape index (κ2) is 9.02. The van der Waals surface area contributed by atoms with Crippen LogP contribution in [0.2, 0.25) is 0 Å². The molecule has 1 aromatic carbocycles. The Hall–Kier alpha value is -2.10. The van der Waals surface area contributed by atoms with Crippen LogP contribution in [0.15, 0.2) is 36.9 Å². The van der Waals surface area contributed by atoms with E-state index >= 15 is 0 Å². The van der Waals surface area contributed by atoms with Crippen molar-refractivity contribution in [3.8, 4) is 0 Å². The van der Waals surface area contributed by atoms with Crippen molar-refractivity contribution in [3.05, 3.63) is 48.0 Å². The third kappa shape index (κ3) is 4.96. The van der Waals surface area contributed by atoms with E-state index < -0.39 is 0 Å². The number of carbonyl (C=O) groups is 2. The van der Waals surface area contributed by atoms with Crippen LogP contribution in [0.4, 0.5) is 0 Å². The zero-order valence-electron chi connectivity index (χ0n) is 15.5. The fourth-order valence-electron chi connectivity index (χ4n) is 4.40. The average Bonchev–Trinajstić information content (AvgIpc) is 2.67. The molecule has 1 unspecified atom stereocenters. The van der Waals surface area contributed by atoms with Gasteiger partial charge in [0.05, 0.1) is 0 Å². The van der Waals surface area contributed by atoms with Crippen molar-refractivity contribution >= 4 is 11.8 Å². The van der Waals surface area contributed by atoms with Crippen LogP contribution in [0.25, 0.3) is 0 Å². The van der Waals surface area contributed by atoms with Crippen LogP contribution in [0.3, 0.4) is 0 Å². The zero-order chi connectivity index (χ0) is 18.4. The van der Waals surface area contributed by atoms with Crippen molar-refractivity contribution in [1.82, 2.24) is 10.6 Å². The predicted molar refractivity (Wildman–Crippen MR) is 104 cm³/mol. The minimum Gasteiger partial charge on any atom is -0.353 e. The van der Waals surface area contributed by atoms with E-state index in [-0.39, 0.29) is 17.9 Å². The van der Waals surface area contributed by atoms with E-state index in [0.29, 0.717) is 24.8 Å². The normalized spacial score (nSPS) is 25.0. The smallest absolute Gasteiger partial charge is 0.243 e. The topological polar surface area (TPSA) is 58.2 Å². The number of amides is 2. The van der Waals surface area contributed by atoms with Crippen LogP contribution < -0.4 is 10.6 Å². The van der Waals surface area contributed by atoms with E-state index in [2.05, 4.69) is 41.5 Å². The van der Waals surface area contributed by atoms with Crippen LogP contribution in [0, 0.1) is 5.92 Å². The van der Waals surface area contributed by atoms with Crippen molar-refractivity contribution in [2.24, 2.45) is 5.92 Å². The number of fused-ring (bicyclic) bond motifs is 1. The highest BCUT2D eigenvalue weighted by Crippen LogP contribution is 2.34. The van der Waals surface area contributed by atoms with Crippen LogP contribution in [-0.2, 0) is 16.0 Å². The molecule has 4 heteroatoms. The number of rotatable bonds is 6. The summed E-state index contributed by atoms with van der Waals surface area (Å²) in [6, 6.07) is 8.85.